The molecule has 0 aromatic rings. The second kappa shape index (κ2) is 214. The van der Waals surface area contributed by atoms with E-state index in [0.717, 1.165) is 0 Å². The van der Waals surface area contributed by atoms with Gasteiger partial charge in [0.1, 0.15) is 0 Å². The van der Waals surface area contributed by atoms with E-state index in [4.69, 9.17) is 21.0 Å². The minimum Gasteiger partial charge on any atom is -0.344 e. The van der Waals surface area contributed by atoms with Gasteiger partial charge in [-0.15, -0.1) is 0 Å². The van der Waals surface area contributed by atoms with Gasteiger partial charge < -0.3 is 6.15 Å². The molecule has 0 aliphatic carbocycles. The molecule has 0 fully saturated rings. The van der Waals surface area contributed by atoms with E-state index in [1.807, 2.05) is 0 Å². The van der Waals surface area contributed by atoms with Crippen molar-refractivity contribution in [2.75, 3.05) is 0 Å². The van der Waals surface area contributed by atoms with Crippen LogP contribution < -0.4 is 6.15 Å². The largest absolute Gasteiger partial charge is 0.344 e. The Kier molecular flexibility index (Phi) is 505. The monoisotopic (exact) mass is 181 g/mol. The minimum atomic E-state index is 0. The molecule has 0 aromatic carbocycles. The summed E-state index contributed by atoms with van der Waals surface area (Å²) in [6, 6.07) is 7.00. The Balaban J connectivity index is -0.0000000213. The van der Waals surface area contributed by atoms with Gasteiger partial charge in [-0.1, -0.05) is 0 Å². The molecule has 3 N–H and O–H groups in total. The summed E-state index contributed by atoms with van der Waals surface area (Å²) in [6.07, 6.45) is 0. The zero-order valence-electron chi connectivity index (χ0n) is 8.50. The highest BCUT2D eigenvalue weighted by molar-refractivity contribution is 4.51. The summed E-state index contributed by atoms with van der Waals surface area (Å²) in [4.78, 5) is 0. The van der Waals surface area contributed by atoms with E-state index in [9.17, 15) is 0 Å². The number of nitrogens with zero attached hydrogens (tertiary/aromatic N) is 4. The van der Waals surface area contributed by atoms with E-state index in [1.165, 1.54) is 27.7 Å². The van der Waals surface area contributed by atoms with Crippen LogP contribution in [0.1, 0.15) is 27.7 Å². The van der Waals surface area contributed by atoms with Crippen LogP contribution in [-0.4, -0.2) is 0 Å². The van der Waals surface area contributed by atoms with Crippen LogP contribution in [0.4, 0.5) is 0 Å². The zero-order valence-corrected chi connectivity index (χ0v) is 8.50. The molecule has 0 bridgehead atoms. The van der Waals surface area contributed by atoms with Crippen LogP contribution in [0.25, 0.3) is 0 Å². The Morgan fingerprint density at radius 3 is 0.538 bits per heavy atom. The third kappa shape index (κ3) is 144. The van der Waals surface area contributed by atoms with Crippen molar-refractivity contribution in [1.82, 2.24) is 6.15 Å². The summed E-state index contributed by atoms with van der Waals surface area (Å²) >= 11 is 0. The molecule has 0 aliphatic heterocycles. The predicted molar refractivity (Wildman–Crippen MR) is 50.2 cm³/mol. The molecular formula is C8H15N5. The van der Waals surface area contributed by atoms with Gasteiger partial charge in [0.2, 0.25) is 0 Å². The van der Waals surface area contributed by atoms with Crippen molar-refractivity contribution in [2.24, 2.45) is 0 Å². The fraction of sp³-hybridized carbons (Fsp3) is 0.500. The Morgan fingerprint density at radius 2 is 0.538 bits per heavy atom. The van der Waals surface area contributed by atoms with Gasteiger partial charge in [-0.2, -0.15) is 21.0 Å². The van der Waals surface area contributed by atoms with Crippen LogP contribution >= 0.6 is 0 Å². The van der Waals surface area contributed by atoms with E-state index >= 15 is 0 Å². The van der Waals surface area contributed by atoms with Crippen LogP contribution in [-0.2, 0) is 0 Å². The molecule has 0 aliphatic rings. The molecule has 5 heteroatoms. The van der Waals surface area contributed by atoms with Crippen molar-refractivity contribution in [3.8, 4) is 24.3 Å². The fourth-order valence-corrected chi connectivity index (χ4v) is 0. The Bertz CT molecular complexity index is 147. The quantitative estimate of drug-likeness (QED) is 0.612. The van der Waals surface area contributed by atoms with Gasteiger partial charge in [0.05, 0.1) is 24.3 Å². The van der Waals surface area contributed by atoms with Crippen molar-refractivity contribution >= 4 is 0 Å². The third-order valence-corrected chi connectivity index (χ3v) is 0. The van der Waals surface area contributed by atoms with Crippen LogP contribution in [0, 0.1) is 45.3 Å². The number of hydrogen-bond donors (Lipinski definition) is 1. The molecule has 0 radical (unpaired) electrons. The molecule has 0 rings (SSSR count). The van der Waals surface area contributed by atoms with Crippen molar-refractivity contribution in [2.45, 2.75) is 27.7 Å². The van der Waals surface area contributed by atoms with Gasteiger partial charge >= 0.3 is 0 Å². The second-order valence-electron chi connectivity index (χ2n) is 0.894. The molecule has 0 saturated carbocycles. The number of hydrogen-bond acceptors (Lipinski definition) is 5. The predicted octanol–water partition coefficient (Wildman–Crippen LogP) is 2.28. The topological polar surface area (TPSA) is 130 Å². The SMILES string of the molecule is CC#N.CC#N.CC#N.CC#N.N. The van der Waals surface area contributed by atoms with Crippen molar-refractivity contribution in [3.63, 3.8) is 0 Å². The maximum Gasteiger partial charge on any atom is 0.0587 e. The third-order valence-electron chi connectivity index (χ3n) is 0. The van der Waals surface area contributed by atoms with Crippen LogP contribution in [0.2, 0.25) is 0 Å². The van der Waals surface area contributed by atoms with Crippen molar-refractivity contribution in [3.05, 3.63) is 0 Å². The minimum absolute atomic E-state index is 0. The fourth-order valence-electron chi connectivity index (χ4n) is 0. The van der Waals surface area contributed by atoms with Crippen LogP contribution in [0.15, 0.2) is 0 Å². The molecule has 72 valence electrons. The molecule has 0 saturated heterocycles. The zero-order chi connectivity index (χ0) is 10.8. The summed E-state index contributed by atoms with van der Waals surface area (Å²) in [6.45, 7) is 5.72. The Morgan fingerprint density at radius 1 is 0.538 bits per heavy atom. The summed E-state index contributed by atoms with van der Waals surface area (Å²) in [5.74, 6) is 0. The summed E-state index contributed by atoms with van der Waals surface area (Å²) in [5, 5.41) is 29.3. The summed E-state index contributed by atoms with van der Waals surface area (Å²) < 4.78 is 0. The molecular weight excluding hydrogens is 166 g/mol. The molecule has 0 aromatic heterocycles. The average molecular weight is 181 g/mol. The lowest BCUT2D eigenvalue weighted by Crippen LogP contribution is -1.10. The Hall–Kier alpha value is -2.08. The smallest absolute Gasteiger partial charge is 0.0587 e. The average Bonchev–Trinajstić information content (AvgIpc) is 1.92. The number of rotatable bonds is 0. The highest BCUT2D eigenvalue weighted by Gasteiger charge is 1.18. The van der Waals surface area contributed by atoms with E-state index in [2.05, 4.69) is 0 Å². The van der Waals surface area contributed by atoms with Gasteiger partial charge in [-0.05, 0) is 0 Å². The molecule has 0 atom stereocenters. The highest BCUT2D eigenvalue weighted by Crippen LogP contribution is 1.22. The van der Waals surface area contributed by atoms with Crippen LogP contribution in [0.5, 0.6) is 0 Å². The summed E-state index contributed by atoms with van der Waals surface area (Å²) in [7, 11) is 0. The lowest BCUT2D eigenvalue weighted by Gasteiger charge is -1.15. The first-order chi connectivity index (χ1) is 5.66. The molecule has 13 heavy (non-hydrogen) atoms. The maximum absolute atomic E-state index is 7.32. The molecule has 0 unspecified atom stereocenters. The molecule has 0 spiro atoms. The van der Waals surface area contributed by atoms with Gasteiger partial charge in [0.25, 0.3) is 0 Å². The lowest BCUT2D eigenvalue weighted by atomic mass is 11.0. The first-order valence-corrected chi connectivity index (χ1v) is 2.89. The standard InChI is InChI=1S/4C2H3N.H3N/c4*1-2-3;/h4*1H3;1H3. The molecule has 0 heterocycles. The first-order valence-electron chi connectivity index (χ1n) is 2.89. The van der Waals surface area contributed by atoms with E-state index in [-0.39, 0.29) is 6.15 Å². The van der Waals surface area contributed by atoms with E-state index in [1.54, 1.807) is 24.3 Å². The Labute approximate surface area is 80.0 Å². The van der Waals surface area contributed by atoms with E-state index < -0.39 is 0 Å². The molecule has 0 amide bonds. The maximum atomic E-state index is 7.32. The number of nitriles is 4. The van der Waals surface area contributed by atoms with Crippen molar-refractivity contribution < 1.29 is 0 Å². The van der Waals surface area contributed by atoms with Crippen LogP contribution in [0.3, 0.4) is 0 Å². The van der Waals surface area contributed by atoms with Gasteiger partial charge in [0, 0.05) is 27.7 Å². The van der Waals surface area contributed by atoms with Gasteiger partial charge in [-0.3, -0.25) is 0 Å². The second-order valence-corrected chi connectivity index (χ2v) is 0.894. The van der Waals surface area contributed by atoms with Gasteiger partial charge in [0.15, 0.2) is 0 Å². The highest BCUT2D eigenvalue weighted by atomic mass is 14.2. The first kappa shape index (κ1) is 30.7. The molecule has 5 nitrogen and oxygen atoms in total. The van der Waals surface area contributed by atoms with Crippen molar-refractivity contribution in [1.29, 1.82) is 21.0 Å². The van der Waals surface area contributed by atoms with Gasteiger partial charge in [-0.25, -0.2) is 0 Å². The normalized spacial score (nSPS) is 2.46. The van der Waals surface area contributed by atoms with E-state index in [0.29, 0.717) is 0 Å². The lowest BCUT2D eigenvalue weighted by molar-refractivity contribution is 1.49. The summed E-state index contributed by atoms with van der Waals surface area (Å²) in [5.41, 5.74) is 0.